The van der Waals surface area contributed by atoms with E-state index in [9.17, 15) is 23.1 Å². The van der Waals surface area contributed by atoms with Crippen LogP contribution < -0.4 is 4.90 Å². The van der Waals surface area contributed by atoms with Crippen LogP contribution in [0.1, 0.15) is 16.6 Å². The van der Waals surface area contributed by atoms with Crippen LogP contribution in [0.3, 0.4) is 0 Å². The summed E-state index contributed by atoms with van der Waals surface area (Å²) < 4.78 is 34.1. The average molecular weight is 376 g/mol. The first-order valence-electron chi connectivity index (χ1n) is 7.55. The van der Waals surface area contributed by atoms with Gasteiger partial charge in [-0.05, 0) is 12.1 Å². The molecule has 0 fully saturated rings. The summed E-state index contributed by atoms with van der Waals surface area (Å²) in [5, 5.41) is 9.46. The molecule has 3 rings (SSSR count). The number of anilines is 1. The average Bonchev–Trinajstić information content (AvgIpc) is 2.96. The number of fused-ring (bicyclic) bond motifs is 1. The van der Waals surface area contributed by atoms with Crippen LogP contribution in [0, 0.1) is 10.1 Å². The fourth-order valence-corrected chi connectivity index (χ4v) is 3.73. The molecule has 0 amide bonds. The van der Waals surface area contributed by atoms with Crippen molar-refractivity contribution in [1.82, 2.24) is 9.97 Å². The number of aromatic nitrogens is 2. The number of hydrogen-bond donors (Lipinski definition) is 2. The van der Waals surface area contributed by atoms with E-state index in [0.717, 1.165) is 0 Å². The van der Waals surface area contributed by atoms with Gasteiger partial charge in [-0.3, -0.25) is 14.7 Å². The lowest BCUT2D eigenvalue weighted by Gasteiger charge is -2.21. The Morgan fingerprint density at radius 3 is 2.54 bits per heavy atom. The van der Waals surface area contributed by atoms with Crippen LogP contribution in [0.15, 0.2) is 42.5 Å². The molecule has 1 atom stereocenters. The Labute approximate surface area is 149 Å². The molecule has 0 aliphatic rings. The molecule has 26 heavy (non-hydrogen) atoms. The second-order valence-electron chi connectivity index (χ2n) is 5.93. The summed E-state index contributed by atoms with van der Waals surface area (Å²) in [7, 11) is -1.05. The van der Waals surface area contributed by atoms with Crippen LogP contribution in [-0.2, 0) is 10.1 Å². The van der Waals surface area contributed by atoms with Crippen molar-refractivity contribution in [2.75, 3.05) is 19.0 Å². The summed E-state index contributed by atoms with van der Waals surface area (Å²) in [6.07, 6.45) is 0. The number of hydrogen-bond acceptors (Lipinski definition) is 6. The topological polar surface area (TPSA) is 129 Å². The van der Waals surface area contributed by atoms with Gasteiger partial charge < -0.3 is 9.88 Å². The van der Waals surface area contributed by atoms with E-state index >= 15 is 0 Å². The molecular weight excluding hydrogens is 360 g/mol. The molecule has 0 spiro atoms. The first-order chi connectivity index (χ1) is 12.2. The Kier molecular flexibility index (Phi) is 4.38. The zero-order chi connectivity index (χ0) is 19.1. The van der Waals surface area contributed by atoms with Crippen LogP contribution in [0.5, 0.6) is 0 Å². The molecule has 0 radical (unpaired) electrons. The fraction of sp³-hybridized carbons (Fsp3) is 0.188. The number of imidazole rings is 1. The Bertz CT molecular complexity index is 1090. The van der Waals surface area contributed by atoms with Crippen molar-refractivity contribution >= 4 is 32.5 Å². The molecule has 9 nitrogen and oxygen atoms in total. The maximum absolute atomic E-state index is 12.1. The Morgan fingerprint density at radius 2 is 1.92 bits per heavy atom. The van der Waals surface area contributed by atoms with Gasteiger partial charge in [0.05, 0.1) is 16.0 Å². The van der Waals surface area contributed by atoms with Gasteiger partial charge in [-0.2, -0.15) is 8.42 Å². The van der Waals surface area contributed by atoms with E-state index in [0.29, 0.717) is 16.8 Å². The third kappa shape index (κ3) is 3.24. The zero-order valence-electron chi connectivity index (χ0n) is 13.9. The number of nitro groups is 1. The lowest BCUT2D eigenvalue weighted by atomic mass is 10.1. The Hall–Kier alpha value is -2.98. The fourth-order valence-electron chi connectivity index (χ4n) is 2.82. The van der Waals surface area contributed by atoms with Gasteiger partial charge in [0.25, 0.3) is 15.8 Å². The minimum Gasteiger partial charge on any atom is -0.377 e. The van der Waals surface area contributed by atoms with Gasteiger partial charge in [0.15, 0.2) is 5.25 Å². The molecule has 2 aromatic carbocycles. The lowest BCUT2D eigenvalue weighted by molar-refractivity contribution is -0.384. The Morgan fingerprint density at radius 1 is 1.23 bits per heavy atom. The quantitative estimate of drug-likeness (QED) is 0.397. The summed E-state index contributed by atoms with van der Waals surface area (Å²) in [4.78, 5) is 19.1. The maximum Gasteiger partial charge on any atom is 0.279 e. The van der Waals surface area contributed by atoms with Crippen molar-refractivity contribution in [1.29, 1.82) is 0 Å². The molecular formula is C16H16N4O5S. The van der Waals surface area contributed by atoms with Crippen molar-refractivity contribution in [3.8, 4) is 0 Å². The van der Waals surface area contributed by atoms with E-state index in [4.69, 9.17) is 0 Å². The van der Waals surface area contributed by atoms with Crippen LogP contribution in [0.25, 0.3) is 11.0 Å². The maximum atomic E-state index is 12.1. The number of benzene rings is 2. The van der Waals surface area contributed by atoms with Crippen molar-refractivity contribution in [2.24, 2.45) is 0 Å². The minimum absolute atomic E-state index is 0.0164. The number of nitrogens with one attached hydrogen (secondary N) is 1. The number of aromatic amines is 1. The van der Waals surface area contributed by atoms with Gasteiger partial charge in [0.2, 0.25) is 0 Å². The number of rotatable bonds is 5. The predicted molar refractivity (Wildman–Crippen MR) is 96.9 cm³/mol. The van der Waals surface area contributed by atoms with Crippen molar-refractivity contribution < 1.29 is 17.9 Å². The van der Waals surface area contributed by atoms with Gasteiger partial charge in [-0.15, -0.1) is 0 Å². The highest BCUT2D eigenvalue weighted by molar-refractivity contribution is 7.86. The van der Waals surface area contributed by atoms with Gasteiger partial charge in [-0.1, -0.05) is 18.2 Å². The number of nitrogens with zero attached hydrogens (tertiary/aromatic N) is 3. The number of nitro benzene ring substituents is 1. The minimum atomic E-state index is -4.56. The van der Waals surface area contributed by atoms with E-state index in [-0.39, 0.29) is 17.0 Å². The molecule has 3 aromatic rings. The van der Waals surface area contributed by atoms with Crippen LogP contribution in [0.2, 0.25) is 0 Å². The molecule has 10 heteroatoms. The van der Waals surface area contributed by atoms with E-state index in [2.05, 4.69) is 9.97 Å². The molecule has 1 aromatic heterocycles. The predicted octanol–water partition coefficient (Wildman–Crippen LogP) is 2.51. The third-order valence-corrected chi connectivity index (χ3v) is 5.02. The van der Waals surface area contributed by atoms with Crippen molar-refractivity contribution in [3.63, 3.8) is 0 Å². The summed E-state index contributed by atoms with van der Waals surface area (Å²) in [6.45, 7) is 0. The van der Waals surface area contributed by atoms with E-state index in [1.165, 1.54) is 18.2 Å². The van der Waals surface area contributed by atoms with Gasteiger partial charge in [-0.25, -0.2) is 4.98 Å². The van der Waals surface area contributed by atoms with E-state index in [1.807, 2.05) is 0 Å². The molecule has 0 bridgehead atoms. The number of non-ortho nitro benzene ring substituents is 1. The molecule has 2 N–H and O–H groups in total. The van der Waals surface area contributed by atoms with Crippen LogP contribution in [0.4, 0.5) is 11.4 Å². The molecule has 0 aliphatic heterocycles. The molecule has 0 saturated carbocycles. The van der Waals surface area contributed by atoms with E-state index in [1.54, 1.807) is 43.3 Å². The molecule has 136 valence electrons. The first kappa shape index (κ1) is 17.8. The highest BCUT2D eigenvalue weighted by Gasteiger charge is 2.32. The normalized spacial score (nSPS) is 12.9. The molecule has 0 saturated heterocycles. The monoisotopic (exact) mass is 376 g/mol. The third-order valence-electron chi connectivity index (χ3n) is 3.94. The molecule has 1 heterocycles. The standard InChI is InChI=1S/C16H16N4O5S/c1-19(2)14-6-4-3-5-11(14)15(26(23,24)25)16-17-12-8-7-10(20(21)22)9-13(12)18-16/h3-9,15H,1-2H3,(H,17,18)(H,23,24,25). The smallest absolute Gasteiger partial charge is 0.279 e. The van der Waals surface area contributed by atoms with Gasteiger partial charge in [0.1, 0.15) is 5.82 Å². The molecule has 1 unspecified atom stereocenters. The van der Waals surface area contributed by atoms with Crippen molar-refractivity contribution in [3.05, 3.63) is 64.0 Å². The number of H-pyrrole nitrogens is 1. The molecule has 0 aliphatic carbocycles. The van der Waals surface area contributed by atoms with E-state index < -0.39 is 20.3 Å². The summed E-state index contributed by atoms with van der Waals surface area (Å²) in [5.41, 5.74) is 1.45. The van der Waals surface area contributed by atoms with Crippen molar-refractivity contribution in [2.45, 2.75) is 5.25 Å². The zero-order valence-corrected chi connectivity index (χ0v) is 14.8. The SMILES string of the molecule is CN(C)c1ccccc1C(c1nc2cc([N+](=O)[O-])ccc2[nH]1)S(=O)(=O)O. The largest absolute Gasteiger partial charge is 0.377 e. The highest BCUT2D eigenvalue weighted by Crippen LogP contribution is 2.35. The Balaban J connectivity index is 2.22. The summed E-state index contributed by atoms with van der Waals surface area (Å²) in [5.74, 6) is -0.0164. The van der Waals surface area contributed by atoms with Gasteiger partial charge >= 0.3 is 0 Å². The summed E-state index contributed by atoms with van der Waals surface area (Å²) >= 11 is 0. The first-order valence-corrected chi connectivity index (χ1v) is 9.05. The number of para-hydroxylation sites is 1. The van der Waals surface area contributed by atoms with Crippen LogP contribution in [-0.4, -0.2) is 42.0 Å². The summed E-state index contributed by atoms with van der Waals surface area (Å²) in [6, 6.07) is 10.7. The lowest BCUT2D eigenvalue weighted by Crippen LogP contribution is -2.19. The second-order valence-corrected chi connectivity index (χ2v) is 7.43. The van der Waals surface area contributed by atoms with Crippen LogP contribution >= 0.6 is 0 Å². The van der Waals surface area contributed by atoms with Gasteiger partial charge in [0, 0.05) is 37.5 Å². The second kappa shape index (κ2) is 6.39. The highest BCUT2D eigenvalue weighted by atomic mass is 32.2.